The van der Waals surface area contributed by atoms with E-state index in [0.29, 0.717) is 19.0 Å². The summed E-state index contributed by atoms with van der Waals surface area (Å²) in [6.07, 6.45) is 2.63. The fourth-order valence-electron chi connectivity index (χ4n) is 2.58. The number of hydrogen-bond donors (Lipinski definition) is 1. The molecule has 2 heterocycles. The molecule has 1 saturated heterocycles. The molecular formula is C14H23N5O2. The smallest absolute Gasteiger partial charge is 0.236 e. The lowest BCUT2D eigenvalue weighted by atomic mass is 10.3. The zero-order valence-corrected chi connectivity index (χ0v) is 12.5. The van der Waals surface area contributed by atoms with Gasteiger partial charge in [-0.25, -0.2) is 0 Å². The van der Waals surface area contributed by atoms with E-state index in [9.17, 15) is 4.79 Å². The van der Waals surface area contributed by atoms with Crippen LogP contribution in [0.25, 0.3) is 0 Å². The Kier molecular flexibility index (Phi) is 4.50. The summed E-state index contributed by atoms with van der Waals surface area (Å²) in [7, 11) is 0. The number of hydrogen-bond acceptors (Lipinski definition) is 6. The summed E-state index contributed by atoms with van der Waals surface area (Å²) in [4.78, 5) is 20.5. The van der Waals surface area contributed by atoms with Crippen molar-refractivity contribution in [2.24, 2.45) is 5.92 Å². The second kappa shape index (κ2) is 6.53. The van der Waals surface area contributed by atoms with Gasteiger partial charge in [0, 0.05) is 33.1 Å². The minimum Gasteiger partial charge on any atom is -0.340 e. The van der Waals surface area contributed by atoms with E-state index in [4.69, 9.17) is 4.52 Å². The Labute approximate surface area is 124 Å². The van der Waals surface area contributed by atoms with Crippen LogP contribution in [0.15, 0.2) is 4.52 Å². The number of amides is 1. The summed E-state index contributed by atoms with van der Waals surface area (Å²) in [5.74, 6) is 2.35. The molecule has 0 spiro atoms. The maximum absolute atomic E-state index is 12.1. The molecule has 1 amide bonds. The third kappa shape index (κ3) is 4.25. The van der Waals surface area contributed by atoms with Crippen molar-refractivity contribution in [2.45, 2.75) is 26.3 Å². The molecule has 0 radical (unpaired) electrons. The predicted molar refractivity (Wildman–Crippen MR) is 76.5 cm³/mol. The van der Waals surface area contributed by atoms with Crippen molar-refractivity contribution in [3.05, 3.63) is 11.7 Å². The van der Waals surface area contributed by atoms with Gasteiger partial charge in [0.15, 0.2) is 5.82 Å². The number of nitrogens with one attached hydrogen (secondary N) is 1. The van der Waals surface area contributed by atoms with Crippen molar-refractivity contribution in [1.29, 1.82) is 0 Å². The first-order valence-electron chi connectivity index (χ1n) is 7.71. The highest BCUT2D eigenvalue weighted by atomic mass is 16.5. The van der Waals surface area contributed by atoms with Crippen LogP contribution in [0.1, 0.15) is 24.6 Å². The maximum Gasteiger partial charge on any atom is 0.236 e. The molecule has 1 aromatic heterocycles. The van der Waals surface area contributed by atoms with Crippen molar-refractivity contribution < 1.29 is 9.32 Å². The van der Waals surface area contributed by atoms with Gasteiger partial charge in [0.05, 0.1) is 13.1 Å². The van der Waals surface area contributed by atoms with Crippen LogP contribution < -0.4 is 5.32 Å². The normalized spacial score (nSPS) is 20.0. The van der Waals surface area contributed by atoms with Crippen molar-refractivity contribution in [3.8, 4) is 0 Å². The van der Waals surface area contributed by atoms with Crippen molar-refractivity contribution in [3.63, 3.8) is 0 Å². The molecule has 1 aliphatic carbocycles. The van der Waals surface area contributed by atoms with Gasteiger partial charge in [0.25, 0.3) is 0 Å². The minimum absolute atomic E-state index is 0.214. The van der Waals surface area contributed by atoms with E-state index in [1.807, 2.05) is 4.90 Å². The standard InChI is InChI=1S/C14H23N5O2/c1-11-16-13(17-21-11)10-18-4-6-19(7-5-18)14(20)9-15-8-12-2-3-12/h12,15H,2-10H2,1H3. The molecular weight excluding hydrogens is 270 g/mol. The number of aryl methyl sites for hydroxylation is 1. The van der Waals surface area contributed by atoms with Crippen LogP contribution in [0, 0.1) is 12.8 Å². The molecule has 0 aromatic carbocycles. The largest absolute Gasteiger partial charge is 0.340 e. The van der Waals surface area contributed by atoms with Crippen LogP contribution in [-0.4, -0.2) is 65.1 Å². The van der Waals surface area contributed by atoms with Gasteiger partial charge < -0.3 is 14.7 Å². The Hall–Kier alpha value is -1.47. The number of nitrogens with zero attached hydrogens (tertiary/aromatic N) is 4. The van der Waals surface area contributed by atoms with E-state index in [0.717, 1.165) is 44.5 Å². The average Bonchev–Trinajstić information content (AvgIpc) is 3.21. The molecule has 7 nitrogen and oxygen atoms in total. The molecule has 1 saturated carbocycles. The monoisotopic (exact) mass is 293 g/mol. The molecule has 116 valence electrons. The summed E-state index contributed by atoms with van der Waals surface area (Å²) in [5.41, 5.74) is 0. The van der Waals surface area contributed by atoms with Gasteiger partial charge in [-0.1, -0.05) is 5.16 Å². The quantitative estimate of drug-likeness (QED) is 0.797. The Morgan fingerprint density at radius 3 is 2.71 bits per heavy atom. The molecule has 7 heteroatoms. The van der Waals surface area contributed by atoms with Crippen LogP contribution in [0.3, 0.4) is 0 Å². The number of aromatic nitrogens is 2. The lowest BCUT2D eigenvalue weighted by Gasteiger charge is -2.34. The molecule has 21 heavy (non-hydrogen) atoms. The second-order valence-corrected chi connectivity index (χ2v) is 5.96. The van der Waals surface area contributed by atoms with E-state index >= 15 is 0 Å². The lowest BCUT2D eigenvalue weighted by molar-refractivity contribution is -0.132. The molecule has 2 fully saturated rings. The Balaban J connectivity index is 1.36. The third-order valence-corrected chi connectivity index (χ3v) is 4.07. The van der Waals surface area contributed by atoms with E-state index in [-0.39, 0.29) is 5.91 Å². The van der Waals surface area contributed by atoms with Crippen LogP contribution in [0.5, 0.6) is 0 Å². The van der Waals surface area contributed by atoms with Crippen LogP contribution in [0.2, 0.25) is 0 Å². The predicted octanol–water partition coefficient (Wildman–Crippen LogP) is 0.0218. The van der Waals surface area contributed by atoms with Gasteiger partial charge in [-0.2, -0.15) is 4.98 Å². The molecule has 0 unspecified atom stereocenters. The molecule has 1 aliphatic heterocycles. The van der Waals surface area contributed by atoms with Gasteiger partial charge in [-0.15, -0.1) is 0 Å². The highest BCUT2D eigenvalue weighted by molar-refractivity contribution is 5.78. The molecule has 0 bridgehead atoms. The van der Waals surface area contributed by atoms with Gasteiger partial charge in [0.2, 0.25) is 11.8 Å². The minimum atomic E-state index is 0.214. The number of piperazine rings is 1. The summed E-state index contributed by atoms with van der Waals surface area (Å²) in [6.45, 7) is 7.23. The first kappa shape index (κ1) is 14.5. The van der Waals surface area contributed by atoms with E-state index in [2.05, 4.69) is 20.4 Å². The molecule has 2 aliphatic rings. The first-order valence-corrected chi connectivity index (χ1v) is 7.71. The van der Waals surface area contributed by atoms with Gasteiger partial charge in [-0.05, 0) is 25.3 Å². The number of rotatable bonds is 6. The summed E-state index contributed by atoms with van der Waals surface area (Å²) in [6, 6.07) is 0. The Morgan fingerprint density at radius 1 is 1.33 bits per heavy atom. The van der Waals surface area contributed by atoms with Crippen molar-refractivity contribution in [2.75, 3.05) is 39.3 Å². The van der Waals surface area contributed by atoms with Crippen LogP contribution >= 0.6 is 0 Å². The van der Waals surface area contributed by atoms with E-state index in [1.54, 1.807) is 6.92 Å². The topological polar surface area (TPSA) is 74.5 Å². The average molecular weight is 293 g/mol. The van der Waals surface area contributed by atoms with Gasteiger partial charge in [0.1, 0.15) is 0 Å². The van der Waals surface area contributed by atoms with Crippen molar-refractivity contribution in [1.82, 2.24) is 25.3 Å². The molecule has 0 atom stereocenters. The molecule has 1 aromatic rings. The number of carbonyl (C=O) groups is 1. The highest BCUT2D eigenvalue weighted by Gasteiger charge is 2.23. The SMILES string of the molecule is Cc1nc(CN2CCN(C(=O)CNCC3CC3)CC2)no1. The van der Waals surface area contributed by atoms with Gasteiger partial charge in [-0.3, -0.25) is 9.69 Å². The summed E-state index contributed by atoms with van der Waals surface area (Å²) < 4.78 is 4.97. The summed E-state index contributed by atoms with van der Waals surface area (Å²) in [5, 5.41) is 7.17. The van der Waals surface area contributed by atoms with Gasteiger partial charge >= 0.3 is 0 Å². The lowest BCUT2D eigenvalue weighted by Crippen LogP contribution is -2.50. The first-order chi connectivity index (χ1) is 10.2. The van der Waals surface area contributed by atoms with E-state index in [1.165, 1.54) is 12.8 Å². The molecule has 3 rings (SSSR count). The molecule has 1 N–H and O–H groups in total. The van der Waals surface area contributed by atoms with Crippen LogP contribution in [0.4, 0.5) is 0 Å². The fraction of sp³-hybridized carbons (Fsp3) is 0.786. The zero-order chi connectivity index (χ0) is 14.7. The Bertz CT molecular complexity index is 477. The van der Waals surface area contributed by atoms with Crippen molar-refractivity contribution >= 4 is 5.91 Å². The number of carbonyl (C=O) groups excluding carboxylic acids is 1. The Morgan fingerprint density at radius 2 is 2.10 bits per heavy atom. The third-order valence-electron chi connectivity index (χ3n) is 4.07. The van der Waals surface area contributed by atoms with E-state index < -0.39 is 0 Å². The fourth-order valence-corrected chi connectivity index (χ4v) is 2.58. The maximum atomic E-state index is 12.1. The highest BCUT2D eigenvalue weighted by Crippen LogP contribution is 2.27. The second-order valence-electron chi connectivity index (χ2n) is 5.96. The summed E-state index contributed by atoms with van der Waals surface area (Å²) >= 11 is 0. The van der Waals surface area contributed by atoms with Crippen LogP contribution in [-0.2, 0) is 11.3 Å². The zero-order valence-electron chi connectivity index (χ0n) is 12.5.